The van der Waals surface area contributed by atoms with Crippen molar-refractivity contribution in [2.24, 2.45) is 22.7 Å². The molecule has 0 aliphatic heterocycles. The summed E-state index contributed by atoms with van der Waals surface area (Å²) in [6.07, 6.45) is -0.162. The quantitative estimate of drug-likeness (QED) is 0.511. The lowest BCUT2D eigenvalue weighted by molar-refractivity contribution is -0.0998. The van der Waals surface area contributed by atoms with Crippen molar-refractivity contribution in [1.82, 2.24) is 0 Å². The second kappa shape index (κ2) is 5.66. The van der Waals surface area contributed by atoms with Gasteiger partial charge in [-0.1, -0.05) is 27.4 Å². The van der Waals surface area contributed by atoms with Crippen LogP contribution in [0.25, 0.3) is 0 Å². The smallest absolute Gasteiger partial charge is 0.0764 e. The van der Waals surface area contributed by atoms with Crippen LogP contribution in [0.2, 0.25) is 0 Å². The first-order valence-electron chi connectivity index (χ1n) is 9.13. The van der Waals surface area contributed by atoms with E-state index in [1.54, 1.807) is 0 Å². The molecule has 2 saturated carbocycles. The Morgan fingerprint density at radius 2 is 1.62 bits per heavy atom. The Balaban J connectivity index is 2.16. The standard InChI is InChI=1S/C20H32O4/c1-10-13(21)6-7-20(5)9-15(23)16-11(2)14(22)8-12(19(16,3)4)18(24)17(10)20/h12-15,17-18,21-24H,1,6-9H2,2-5H3/t12-,13-,14+,15-,17-,18+,20-/m0/s1. The molecule has 0 aromatic heterocycles. The molecule has 0 radical (unpaired) electrons. The summed E-state index contributed by atoms with van der Waals surface area (Å²) in [7, 11) is 0. The minimum absolute atomic E-state index is 0.174. The average molecular weight is 336 g/mol. The van der Waals surface area contributed by atoms with E-state index < -0.39 is 29.8 Å². The predicted octanol–water partition coefficient (Wildman–Crippen LogP) is 2.17. The van der Waals surface area contributed by atoms with Crippen LogP contribution in [0.5, 0.6) is 0 Å². The fourth-order valence-corrected chi connectivity index (χ4v) is 5.96. The van der Waals surface area contributed by atoms with Gasteiger partial charge in [0.15, 0.2) is 0 Å². The molecule has 4 heteroatoms. The molecule has 2 bridgehead atoms. The number of rotatable bonds is 0. The van der Waals surface area contributed by atoms with Gasteiger partial charge in [-0.25, -0.2) is 0 Å². The van der Waals surface area contributed by atoms with Crippen LogP contribution in [0.4, 0.5) is 0 Å². The highest BCUT2D eigenvalue weighted by molar-refractivity contribution is 5.34. The summed E-state index contributed by atoms with van der Waals surface area (Å²) in [5, 5.41) is 43.2. The molecule has 3 aliphatic rings. The SMILES string of the molecule is C=C1[C@@H](O)CC[C@@]2(C)C[C@H](O)C3=C(C)[C@H](O)C[C@@H]([C@@H](O)[C@H]12)C3(C)C. The number of hydrogen-bond acceptors (Lipinski definition) is 4. The molecule has 4 nitrogen and oxygen atoms in total. The summed E-state index contributed by atoms with van der Waals surface area (Å²) < 4.78 is 0. The molecular weight excluding hydrogens is 304 g/mol. The van der Waals surface area contributed by atoms with Crippen molar-refractivity contribution in [2.45, 2.75) is 77.8 Å². The van der Waals surface area contributed by atoms with Gasteiger partial charge in [-0.3, -0.25) is 0 Å². The molecule has 136 valence electrons. The van der Waals surface area contributed by atoms with Gasteiger partial charge in [0.25, 0.3) is 0 Å². The van der Waals surface area contributed by atoms with Crippen molar-refractivity contribution in [1.29, 1.82) is 0 Å². The Morgan fingerprint density at radius 1 is 1.00 bits per heavy atom. The Hall–Kier alpha value is -0.680. The molecule has 3 rings (SSSR count). The maximum atomic E-state index is 11.3. The van der Waals surface area contributed by atoms with Crippen LogP contribution in [0.3, 0.4) is 0 Å². The lowest BCUT2D eigenvalue weighted by atomic mass is 9.50. The van der Waals surface area contributed by atoms with Crippen LogP contribution >= 0.6 is 0 Å². The van der Waals surface area contributed by atoms with Crippen LogP contribution in [-0.2, 0) is 0 Å². The minimum Gasteiger partial charge on any atom is -0.392 e. The molecule has 3 aliphatic carbocycles. The average Bonchev–Trinajstić information content (AvgIpc) is 2.46. The van der Waals surface area contributed by atoms with Gasteiger partial charge >= 0.3 is 0 Å². The summed E-state index contributed by atoms with van der Waals surface area (Å²) in [6, 6.07) is 0. The van der Waals surface area contributed by atoms with Crippen molar-refractivity contribution in [3.05, 3.63) is 23.3 Å². The van der Waals surface area contributed by atoms with Crippen LogP contribution in [0.15, 0.2) is 23.3 Å². The Bertz CT molecular complexity index is 578. The van der Waals surface area contributed by atoms with Gasteiger partial charge in [-0.2, -0.15) is 0 Å². The second-order valence-electron chi connectivity index (χ2n) is 9.15. The van der Waals surface area contributed by atoms with E-state index in [4.69, 9.17) is 0 Å². The third-order valence-corrected chi connectivity index (χ3v) is 7.34. The number of fused-ring (bicyclic) bond motifs is 3. The van der Waals surface area contributed by atoms with Crippen molar-refractivity contribution < 1.29 is 20.4 Å². The molecule has 0 aromatic carbocycles. The molecule has 7 atom stereocenters. The van der Waals surface area contributed by atoms with Crippen molar-refractivity contribution >= 4 is 0 Å². The molecule has 0 unspecified atom stereocenters. The maximum absolute atomic E-state index is 11.3. The van der Waals surface area contributed by atoms with E-state index in [0.717, 1.165) is 17.6 Å². The normalized spacial score (nSPS) is 48.6. The van der Waals surface area contributed by atoms with Gasteiger partial charge in [-0.05, 0) is 66.1 Å². The molecule has 2 fully saturated rings. The number of aliphatic hydroxyl groups excluding tert-OH is 4. The van der Waals surface area contributed by atoms with Crippen LogP contribution in [0, 0.1) is 22.7 Å². The fourth-order valence-electron chi connectivity index (χ4n) is 5.96. The molecule has 0 saturated heterocycles. The third kappa shape index (κ3) is 2.42. The van der Waals surface area contributed by atoms with Gasteiger partial charge < -0.3 is 20.4 Å². The van der Waals surface area contributed by atoms with E-state index in [-0.39, 0.29) is 17.3 Å². The highest BCUT2D eigenvalue weighted by Gasteiger charge is 2.56. The lowest BCUT2D eigenvalue weighted by Crippen LogP contribution is -2.56. The Morgan fingerprint density at radius 3 is 2.25 bits per heavy atom. The number of hydrogen-bond donors (Lipinski definition) is 4. The van der Waals surface area contributed by atoms with Crippen LogP contribution in [-0.4, -0.2) is 44.8 Å². The summed E-state index contributed by atoms with van der Waals surface area (Å²) >= 11 is 0. The van der Waals surface area contributed by atoms with E-state index in [1.807, 2.05) is 6.92 Å². The second-order valence-corrected chi connectivity index (χ2v) is 9.15. The van der Waals surface area contributed by atoms with E-state index in [1.165, 1.54) is 0 Å². The summed E-state index contributed by atoms with van der Waals surface area (Å²) in [5.74, 6) is -0.431. The molecule has 4 N–H and O–H groups in total. The molecular formula is C20H32O4. The Kier molecular flexibility index (Phi) is 4.28. The van der Waals surface area contributed by atoms with Crippen LogP contribution < -0.4 is 0 Å². The first-order chi connectivity index (χ1) is 11.0. The molecule has 0 amide bonds. The lowest BCUT2D eigenvalue weighted by Gasteiger charge is -2.57. The van der Waals surface area contributed by atoms with Gasteiger partial charge in [0.05, 0.1) is 24.4 Å². The highest BCUT2D eigenvalue weighted by atomic mass is 16.3. The number of aliphatic hydroxyl groups is 4. The first kappa shape index (κ1) is 18.1. The zero-order valence-corrected chi connectivity index (χ0v) is 15.3. The van der Waals surface area contributed by atoms with Gasteiger partial charge in [0.1, 0.15) is 0 Å². The summed E-state index contributed by atoms with van der Waals surface area (Å²) in [5.41, 5.74) is 1.74. The van der Waals surface area contributed by atoms with E-state index in [2.05, 4.69) is 27.4 Å². The summed E-state index contributed by atoms with van der Waals surface area (Å²) in [4.78, 5) is 0. The zero-order chi connectivity index (χ0) is 18.0. The maximum Gasteiger partial charge on any atom is 0.0764 e. The summed E-state index contributed by atoms with van der Waals surface area (Å²) in [6.45, 7) is 12.2. The van der Waals surface area contributed by atoms with Crippen molar-refractivity contribution in [3.63, 3.8) is 0 Å². The van der Waals surface area contributed by atoms with E-state index in [9.17, 15) is 20.4 Å². The fraction of sp³-hybridized carbons (Fsp3) is 0.800. The minimum atomic E-state index is -0.683. The zero-order valence-electron chi connectivity index (χ0n) is 15.3. The topological polar surface area (TPSA) is 80.9 Å². The van der Waals surface area contributed by atoms with E-state index in [0.29, 0.717) is 24.8 Å². The molecule has 0 spiro atoms. The van der Waals surface area contributed by atoms with Crippen molar-refractivity contribution in [3.8, 4) is 0 Å². The highest BCUT2D eigenvalue weighted by Crippen LogP contribution is 2.58. The molecule has 0 aromatic rings. The van der Waals surface area contributed by atoms with Crippen molar-refractivity contribution in [2.75, 3.05) is 0 Å². The van der Waals surface area contributed by atoms with Crippen LogP contribution in [0.1, 0.15) is 53.4 Å². The first-order valence-corrected chi connectivity index (χ1v) is 9.13. The van der Waals surface area contributed by atoms with Gasteiger partial charge in [-0.15, -0.1) is 0 Å². The largest absolute Gasteiger partial charge is 0.392 e. The predicted molar refractivity (Wildman–Crippen MR) is 93.2 cm³/mol. The third-order valence-electron chi connectivity index (χ3n) is 7.34. The van der Waals surface area contributed by atoms with Gasteiger partial charge in [0.2, 0.25) is 0 Å². The van der Waals surface area contributed by atoms with Gasteiger partial charge in [0, 0.05) is 5.92 Å². The van der Waals surface area contributed by atoms with E-state index >= 15 is 0 Å². The monoisotopic (exact) mass is 336 g/mol. The molecule has 0 heterocycles. The molecule has 24 heavy (non-hydrogen) atoms. The Labute approximate surface area is 144 Å².